The van der Waals surface area contributed by atoms with Gasteiger partial charge in [-0.3, -0.25) is 0 Å². The maximum absolute atomic E-state index is 14.5. The Labute approximate surface area is 278 Å². The fourth-order valence-electron chi connectivity index (χ4n) is 5.63. The normalized spacial score (nSPS) is 11.9. The number of nitrogens with zero attached hydrogens (tertiary/aromatic N) is 8. The van der Waals surface area contributed by atoms with Gasteiger partial charge in [-0.25, -0.2) is 45.1 Å². The van der Waals surface area contributed by atoms with Gasteiger partial charge in [0, 0.05) is 44.8 Å². The van der Waals surface area contributed by atoms with Crippen LogP contribution in [0.5, 0.6) is 0 Å². The van der Waals surface area contributed by atoms with Crippen LogP contribution in [0.2, 0.25) is 0 Å². The van der Waals surface area contributed by atoms with Crippen LogP contribution in [-0.4, -0.2) is 29.9 Å². The van der Waals surface area contributed by atoms with Crippen LogP contribution in [0.15, 0.2) is 48.5 Å². The van der Waals surface area contributed by atoms with E-state index in [1.54, 1.807) is 0 Å². The molecule has 49 heavy (non-hydrogen) atoms. The molecule has 8 bridgehead atoms. The van der Waals surface area contributed by atoms with E-state index in [1.807, 2.05) is 0 Å². The summed E-state index contributed by atoms with van der Waals surface area (Å²) in [5.41, 5.74) is -1.40. The summed E-state index contributed by atoms with van der Waals surface area (Å²) in [5, 5.41) is -0.287. The summed E-state index contributed by atoms with van der Waals surface area (Å²) >= 11 is 0. The van der Waals surface area contributed by atoms with Crippen LogP contribution in [0, 0.1) is 46.5 Å². The van der Waals surface area contributed by atoms with Crippen molar-refractivity contribution in [3.63, 3.8) is 0 Å². The third kappa shape index (κ3) is 4.59. The molecule has 17 heteroatoms. The van der Waals surface area contributed by atoms with Gasteiger partial charge in [-0.2, -0.15) is 0 Å². The summed E-state index contributed by atoms with van der Waals surface area (Å²) in [6.07, 6.45) is 0. The summed E-state index contributed by atoms with van der Waals surface area (Å²) in [7, 11) is 0. The van der Waals surface area contributed by atoms with Gasteiger partial charge in [0.2, 0.25) is 0 Å². The number of benzene rings is 4. The maximum Gasteiger partial charge on any atom is 2.00 e. The number of hydrogen-bond donors (Lipinski definition) is 0. The average molecular weight is 722 g/mol. The number of aromatic nitrogens is 8. The fraction of sp³-hybridized carbons (Fsp3) is 0. The van der Waals surface area contributed by atoms with E-state index in [-0.39, 0.29) is 109 Å². The minimum Gasteiger partial charge on any atom is -0.357 e. The van der Waals surface area contributed by atoms with E-state index in [0.717, 1.165) is 48.5 Å². The standard InChI is InChI=1S/C32H8F8N8.Zn/c33-17-1-9-10(2-18(17)34)26-41-25(9)45-27-11-3-19(35)20(36)4-12(11)29(42-27)47-31-15-7-23(39)24(40)8-16(15)32(44-31)48-30-14-6-22(38)21(37)5-13(14)28(43-30)46-26;/h1-8H;/q-2;+2. The van der Waals surface area contributed by atoms with Crippen LogP contribution >= 0.6 is 0 Å². The molecule has 234 valence electrons. The van der Waals surface area contributed by atoms with Crippen LogP contribution in [-0.2, 0) is 19.5 Å². The maximum atomic E-state index is 14.5. The van der Waals surface area contributed by atoms with Gasteiger partial charge < -0.3 is 29.9 Å². The zero-order valence-electron chi connectivity index (χ0n) is 23.9. The van der Waals surface area contributed by atoms with Gasteiger partial charge in [0.05, 0.1) is 23.3 Å². The summed E-state index contributed by atoms with van der Waals surface area (Å²) in [6, 6.07) is 6.35. The van der Waals surface area contributed by atoms with Crippen molar-refractivity contribution in [3.8, 4) is 45.6 Å². The Kier molecular flexibility index (Phi) is 6.66. The third-order valence-electron chi connectivity index (χ3n) is 7.86. The van der Waals surface area contributed by atoms with Gasteiger partial charge in [0.25, 0.3) is 0 Å². The summed E-state index contributed by atoms with van der Waals surface area (Å²) in [6.45, 7) is 0. The first kappa shape index (κ1) is 30.6. The van der Waals surface area contributed by atoms with Crippen molar-refractivity contribution in [1.29, 1.82) is 0 Å². The smallest absolute Gasteiger partial charge is 0.357 e. The summed E-state index contributed by atoms with van der Waals surface area (Å²) in [4.78, 5) is 34.6. The van der Waals surface area contributed by atoms with E-state index < -0.39 is 46.5 Å². The Morgan fingerprint density at radius 3 is 0.735 bits per heavy atom. The molecule has 5 heterocycles. The molecule has 0 fully saturated rings. The molecule has 7 aromatic rings. The number of hydrogen-bond acceptors (Lipinski definition) is 6. The van der Waals surface area contributed by atoms with E-state index >= 15 is 0 Å². The van der Waals surface area contributed by atoms with Crippen molar-refractivity contribution < 1.29 is 54.6 Å². The molecule has 0 unspecified atom stereocenters. The predicted octanol–water partition coefficient (Wildman–Crippen LogP) is 7.24. The summed E-state index contributed by atoms with van der Waals surface area (Å²) in [5.74, 6) is -11.2. The Hall–Kier alpha value is -5.70. The molecular weight excluding hydrogens is 714 g/mol. The van der Waals surface area contributed by atoms with Crippen LogP contribution in [0.4, 0.5) is 35.1 Å². The first-order valence-electron chi connectivity index (χ1n) is 13.7. The van der Waals surface area contributed by atoms with Crippen molar-refractivity contribution in [2.45, 2.75) is 0 Å². The van der Waals surface area contributed by atoms with Crippen molar-refractivity contribution >= 4 is 44.1 Å². The van der Waals surface area contributed by atoms with Crippen molar-refractivity contribution in [2.24, 2.45) is 0 Å². The zero-order chi connectivity index (χ0) is 33.2. The molecule has 2 aliphatic heterocycles. The van der Waals surface area contributed by atoms with Crippen LogP contribution in [0.25, 0.3) is 89.7 Å². The second kappa shape index (κ2) is 10.7. The van der Waals surface area contributed by atoms with Gasteiger partial charge in [-0.1, -0.05) is 0 Å². The monoisotopic (exact) mass is 720 g/mol. The van der Waals surface area contributed by atoms with Crippen molar-refractivity contribution in [2.75, 3.05) is 0 Å². The molecule has 0 atom stereocenters. The second-order valence-corrected chi connectivity index (χ2v) is 10.7. The topological polar surface area (TPSA) is 106 Å². The first-order chi connectivity index (χ1) is 23.0. The molecule has 2 aliphatic rings. The van der Waals surface area contributed by atoms with Crippen molar-refractivity contribution in [3.05, 3.63) is 95.1 Å². The van der Waals surface area contributed by atoms with E-state index in [4.69, 9.17) is 0 Å². The van der Waals surface area contributed by atoms with Gasteiger partial charge in [-0.05, 0) is 70.1 Å². The molecule has 9 rings (SSSR count). The molecule has 0 aliphatic carbocycles. The molecular formula is C32H8F8N8Zn. The minimum absolute atomic E-state index is 0. The van der Waals surface area contributed by atoms with Gasteiger partial charge in [-0.15, -0.1) is 0 Å². The molecule has 0 amide bonds. The Bertz CT molecular complexity index is 2430. The minimum atomic E-state index is -1.27. The van der Waals surface area contributed by atoms with E-state index in [1.165, 1.54) is 0 Å². The van der Waals surface area contributed by atoms with Gasteiger partial charge >= 0.3 is 19.5 Å². The van der Waals surface area contributed by atoms with E-state index in [9.17, 15) is 35.1 Å². The Balaban J connectivity index is 0.00000348. The molecule has 0 spiro atoms. The zero-order valence-corrected chi connectivity index (χ0v) is 26.9. The average Bonchev–Trinajstić information content (AvgIpc) is 3.74. The molecule has 8 nitrogen and oxygen atoms in total. The third-order valence-corrected chi connectivity index (χ3v) is 7.86. The molecule has 0 radical (unpaired) electrons. The van der Waals surface area contributed by atoms with Crippen LogP contribution in [0.1, 0.15) is 0 Å². The van der Waals surface area contributed by atoms with Crippen LogP contribution < -0.4 is 9.97 Å². The Morgan fingerprint density at radius 2 is 0.510 bits per heavy atom. The van der Waals surface area contributed by atoms with Gasteiger partial charge in [0.15, 0.2) is 46.5 Å². The number of halogens is 8. The number of fused-ring (bicyclic) bond motifs is 20. The number of rotatable bonds is 0. The van der Waals surface area contributed by atoms with Gasteiger partial charge in [0.1, 0.15) is 0 Å². The van der Waals surface area contributed by atoms with E-state index in [2.05, 4.69) is 39.9 Å². The molecule has 0 saturated carbocycles. The Morgan fingerprint density at radius 1 is 0.306 bits per heavy atom. The molecule has 0 N–H and O–H groups in total. The first-order valence-corrected chi connectivity index (χ1v) is 13.7. The second-order valence-electron chi connectivity index (χ2n) is 10.7. The largest absolute Gasteiger partial charge is 2.00 e. The van der Waals surface area contributed by atoms with Crippen LogP contribution in [0.3, 0.4) is 0 Å². The molecule has 3 aromatic heterocycles. The molecule has 0 saturated heterocycles. The predicted molar refractivity (Wildman–Crippen MR) is 154 cm³/mol. The van der Waals surface area contributed by atoms with Crippen molar-refractivity contribution in [1.82, 2.24) is 39.9 Å². The SMILES string of the molecule is Fc1cc2c(cc1F)-c1nc-2nc2[n-]c(nc3nc(nc4[n-]c(n1)c1cc(F)c(F)cc41)-c1cc(F)c(F)cc1-3)c1cc(F)c(F)cc21.[Zn+2]. The molecule has 4 aromatic carbocycles. The quantitative estimate of drug-likeness (QED) is 0.119. The fourth-order valence-corrected chi connectivity index (χ4v) is 5.63. The summed E-state index contributed by atoms with van der Waals surface area (Å²) < 4.78 is 116. The van der Waals surface area contributed by atoms with E-state index in [0.29, 0.717) is 0 Å².